The maximum Gasteiger partial charge on any atom is 0.316 e. The Labute approximate surface area is 191 Å². The molecule has 0 saturated carbocycles. The van der Waals surface area contributed by atoms with Crippen molar-refractivity contribution < 1.29 is 23.8 Å². The second kappa shape index (κ2) is 9.78. The predicted octanol–water partition coefficient (Wildman–Crippen LogP) is 4.32. The molecule has 168 valence electrons. The Hall–Kier alpha value is -4.46. The van der Waals surface area contributed by atoms with E-state index in [1.54, 1.807) is 47.4 Å². The van der Waals surface area contributed by atoms with Crippen molar-refractivity contribution in [2.45, 2.75) is 6.54 Å². The van der Waals surface area contributed by atoms with E-state index >= 15 is 0 Å². The second-order valence-corrected chi connectivity index (χ2v) is 7.20. The minimum absolute atomic E-state index is 0.138. The lowest BCUT2D eigenvalue weighted by Gasteiger charge is -2.24. The molecule has 0 saturated heterocycles. The number of nitrogens with zero attached hydrogens (tertiary/aromatic N) is 1. The summed E-state index contributed by atoms with van der Waals surface area (Å²) in [6, 6.07) is 18.7. The SMILES string of the molecule is C=CCOc1ccccc1CN(C(=O)c1ccc(NC(N)=O)cc1)c1ccc2c(c1)OCO2. The highest BCUT2D eigenvalue weighted by Crippen LogP contribution is 2.37. The van der Waals surface area contributed by atoms with Crippen molar-refractivity contribution in [1.29, 1.82) is 0 Å². The number of fused-ring (bicyclic) bond motifs is 1. The number of nitrogens with two attached hydrogens (primary N) is 1. The smallest absolute Gasteiger partial charge is 0.316 e. The van der Waals surface area contributed by atoms with Crippen LogP contribution in [0.3, 0.4) is 0 Å². The topological polar surface area (TPSA) is 103 Å². The summed E-state index contributed by atoms with van der Waals surface area (Å²) >= 11 is 0. The molecule has 3 amide bonds. The van der Waals surface area contributed by atoms with Crippen molar-refractivity contribution in [3.63, 3.8) is 0 Å². The van der Waals surface area contributed by atoms with Gasteiger partial charge in [0.05, 0.1) is 6.54 Å². The van der Waals surface area contributed by atoms with Crippen LogP contribution in [0, 0.1) is 0 Å². The Morgan fingerprint density at radius 1 is 1.06 bits per heavy atom. The molecular weight excluding hydrogens is 422 g/mol. The normalized spacial score (nSPS) is 11.5. The van der Waals surface area contributed by atoms with Gasteiger partial charge in [-0.1, -0.05) is 30.9 Å². The summed E-state index contributed by atoms with van der Waals surface area (Å²) < 4.78 is 16.7. The zero-order chi connectivity index (χ0) is 23.2. The third-order valence-electron chi connectivity index (χ3n) is 4.97. The highest BCUT2D eigenvalue weighted by molar-refractivity contribution is 6.06. The fraction of sp³-hybridized carbons (Fsp3) is 0.120. The molecule has 3 N–H and O–H groups in total. The molecule has 0 bridgehead atoms. The van der Waals surface area contributed by atoms with Gasteiger partial charge in [-0.2, -0.15) is 0 Å². The number of ether oxygens (including phenoxy) is 3. The summed E-state index contributed by atoms with van der Waals surface area (Å²) in [4.78, 5) is 26.3. The lowest BCUT2D eigenvalue weighted by atomic mass is 10.1. The molecule has 0 unspecified atom stereocenters. The highest BCUT2D eigenvalue weighted by atomic mass is 16.7. The molecule has 33 heavy (non-hydrogen) atoms. The van der Waals surface area contributed by atoms with Gasteiger partial charge in [-0.15, -0.1) is 0 Å². The molecule has 0 spiro atoms. The van der Waals surface area contributed by atoms with Crippen LogP contribution in [-0.4, -0.2) is 25.3 Å². The summed E-state index contributed by atoms with van der Waals surface area (Å²) in [6.45, 7) is 4.44. The zero-order valence-electron chi connectivity index (χ0n) is 17.8. The molecular formula is C25H23N3O5. The van der Waals surface area contributed by atoms with E-state index in [0.717, 1.165) is 5.56 Å². The fourth-order valence-electron chi connectivity index (χ4n) is 3.42. The minimum atomic E-state index is -0.674. The van der Waals surface area contributed by atoms with Gasteiger partial charge in [0.15, 0.2) is 11.5 Å². The van der Waals surface area contributed by atoms with Crippen LogP contribution in [0.2, 0.25) is 0 Å². The number of hydrogen-bond donors (Lipinski definition) is 2. The average molecular weight is 445 g/mol. The number of rotatable bonds is 8. The number of carbonyl (C=O) groups is 2. The number of primary amides is 1. The zero-order valence-corrected chi connectivity index (χ0v) is 17.8. The maximum absolute atomic E-state index is 13.6. The second-order valence-electron chi connectivity index (χ2n) is 7.20. The summed E-state index contributed by atoms with van der Waals surface area (Å²) in [5.74, 6) is 1.63. The number of amides is 3. The van der Waals surface area contributed by atoms with E-state index in [2.05, 4.69) is 11.9 Å². The molecule has 3 aromatic carbocycles. The largest absolute Gasteiger partial charge is 0.489 e. The number of urea groups is 1. The van der Waals surface area contributed by atoms with Crippen molar-refractivity contribution >= 4 is 23.3 Å². The van der Waals surface area contributed by atoms with Gasteiger partial charge in [0.25, 0.3) is 5.91 Å². The summed E-state index contributed by atoms with van der Waals surface area (Å²) in [7, 11) is 0. The Morgan fingerprint density at radius 3 is 2.58 bits per heavy atom. The lowest BCUT2D eigenvalue weighted by molar-refractivity contribution is 0.0985. The van der Waals surface area contributed by atoms with Gasteiger partial charge in [0.2, 0.25) is 6.79 Å². The van der Waals surface area contributed by atoms with E-state index in [-0.39, 0.29) is 19.2 Å². The molecule has 8 nitrogen and oxygen atoms in total. The number of hydrogen-bond acceptors (Lipinski definition) is 5. The molecule has 0 radical (unpaired) electrons. The number of para-hydroxylation sites is 1. The van der Waals surface area contributed by atoms with Crippen LogP contribution in [-0.2, 0) is 6.54 Å². The summed E-state index contributed by atoms with van der Waals surface area (Å²) in [5, 5.41) is 2.49. The van der Waals surface area contributed by atoms with Crippen molar-refractivity contribution in [3.8, 4) is 17.2 Å². The van der Waals surface area contributed by atoms with E-state index in [1.807, 2.05) is 30.3 Å². The van der Waals surface area contributed by atoms with Crippen LogP contribution in [0.4, 0.5) is 16.2 Å². The highest BCUT2D eigenvalue weighted by Gasteiger charge is 2.23. The van der Waals surface area contributed by atoms with Crippen molar-refractivity contribution in [2.24, 2.45) is 5.73 Å². The molecule has 4 rings (SSSR count). The molecule has 0 aromatic heterocycles. The van der Waals surface area contributed by atoms with Crippen LogP contribution >= 0.6 is 0 Å². The number of carbonyl (C=O) groups excluding carboxylic acids is 2. The Bertz CT molecular complexity index is 1180. The summed E-state index contributed by atoms with van der Waals surface area (Å²) in [6.07, 6.45) is 1.67. The Balaban J connectivity index is 1.68. The van der Waals surface area contributed by atoms with Gasteiger partial charge < -0.3 is 30.2 Å². The van der Waals surface area contributed by atoms with E-state index in [4.69, 9.17) is 19.9 Å². The molecule has 3 aromatic rings. The first-order valence-corrected chi connectivity index (χ1v) is 10.2. The number of nitrogens with one attached hydrogen (secondary N) is 1. The van der Waals surface area contributed by atoms with Gasteiger partial charge in [0.1, 0.15) is 12.4 Å². The predicted molar refractivity (Wildman–Crippen MR) is 125 cm³/mol. The van der Waals surface area contributed by atoms with Crippen molar-refractivity contribution in [1.82, 2.24) is 0 Å². The first-order valence-electron chi connectivity index (χ1n) is 10.2. The third-order valence-corrected chi connectivity index (χ3v) is 4.97. The van der Waals surface area contributed by atoms with E-state index in [1.165, 1.54) is 0 Å². The third kappa shape index (κ3) is 5.07. The molecule has 1 aliphatic heterocycles. The molecule has 0 aliphatic carbocycles. The monoisotopic (exact) mass is 445 g/mol. The Kier molecular flexibility index (Phi) is 6.45. The molecule has 1 aliphatic rings. The fourth-order valence-corrected chi connectivity index (χ4v) is 3.42. The molecule has 0 fully saturated rings. The van der Waals surface area contributed by atoms with Crippen LogP contribution in [0.1, 0.15) is 15.9 Å². The van der Waals surface area contributed by atoms with Crippen molar-refractivity contribution in [2.75, 3.05) is 23.6 Å². The van der Waals surface area contributed by atoms with Crippen LogP contribution < -0.4 is 30.2 Å². The van der Waals surface area contributed by atoms with E-state index < -0.39 is 6.03 Å². The standard InChI is InChI=1S/C25H23N3O5/c1-2-13-31-21-6-4-3-5-18(21)15-28(20-11-12-22-23(14-20)33-16-32-22)24(29)17-7-9-19(10-8-17)27-25(26)30/h2-12,14H,1,13,15-16H2,(H3,26,27,30). The quantitative estimate of drug-likeness (QED) is 0.503. The van der Waals surface area contributed by atoms with Crippen LogP contribution in [0.25, 0.3) is 0 Å². The van der Waals surface area contributed by atoms with Gasteiger partial charge in [-0.05, 0) is 42.5 Å². The average Bonchev–Trinajstić information content (AvgIpc) is 3.29. The Morgan fingerprint density at radius 2 is 1.82 bits per heavy atom. The molecule has 8 heteroatoms. The number of benzene rings is 3. The van der Waals surface area contributed by atoms with Crippen molar-refractivity contribution in [3.05, 3.63) is 90.5 Å². The lowest BCUT2D eigenvalue weighted by Crippen LogP contribution is -2.30. The van der Waals surface area contributed by atoms with Gasteiger partial charge in [0, 0.05) is 28.6 Å². The van der Waals surface area contributed by atoms with E-state index in [0.29, 0.717) is 40.8 Å². The molecule has 0 atom stereocenters. The first-order chi connectivity index (χ1) is 16.0. The van der Waals surface area contributed by atoms with Crippen LogP contribution in [0.5, 0.6) is 17.2 Å². The summed E-state index contributed by atoms with van der Waals surface area (Å²) in [5.41, 5.74) is 7.57. The minimum Gasteiger partial charge on any atom is -0.489 e. The number of anilines is 2. The van der Waals surface area contributed by atoms with Gasteiger partial charge >= 0.3 is 6.03 Å². The maximum atomic E-state index is 13.6. The molecule has 1 heterocycles. The van der Waals surface area contributed by atoms with Gasteiger partial charge in [-0.3, -0.25) is 4.79 Å². The van der Waals surface area contributed by atoms with Crippen LogP contribution in [0.15, 0.2) is 79.4 Å². The van der Waals surface area contributed by atoms with E-state index in [9.17, 15) is 9.59 Å². The van der Waals surface area contributed by atoms with Gasteiger partial charge in [-0.25, -0.2) is 4.79 Å². The first kappa shape index (κ1) is 21.8.